The van der Waals surface area contributed by atoms with Gasteiger partial charge < -0.3 is 19.6 Å². The summed E-state index contributed by atoms with van der Waals surface area (Å²) in [6.45, 7) is 9.32. The van der Waals surface area contributed by atoms with E-state index in [9.17, 15) is 19.5 Å². The Bertz CT molecular complexity index is 1430. The van der Waals surface area contributed by atoms with Gasteiger partial charge in [0.25, 0.3) is 5.56 Å². The van der Waals surface area contributed by atoms with Crippen LogP contribution in [0.25, 0.3) is 11.0 Å². The van der Waals surface area contributed by atoms with Gasteiger partial charge in [-0.2, -0.15) is 0 Å². The number of fused-ring (bicyclic) bond motifs is 3. The number of carboxylic acid groups (broad SMARTS) is 1. The van der Waals surface area contributed by atoms with Gasteiger partial charge in [0.05, 0.1) is 16.7 Å². The lowest BCUT2D eigenvalue weighted by Crippen LogP contribution is -2.41. The number of hydrogen-bond acceptors (Lipinski definition) is 5. The van der Waals surface area contributed by atoms with Crippen LogP contribution in [0.15, 0.2) is 35.3 Å². The van der Waals surface area contributed by atoms with Crippen molar-refractivity contribution < 1.29 is 14.7 Å². The Kier molecular flexibility index (Phi) is 7.25. The monoisotopic (exact) mass is 520 g/mol. The highest BCUT2D eigenvalue weighted by atomic mass is 16.4. The lowest BCUT2D eigenvalue weighted by atomic mass is 9.94. The van der Waals surface area contributed by atoms with Crippen molar-refractivity contribution in [3.63, 3.8) is 0 Å². The number of nitrogens with zero attached hydrogens (tertiary/aromatic N) is 5. The lowest BCUT2D eigenvalue weighted by molar-refractivity contribution is -0.119. The molecule has 2 amide bonds. The molecule has 10 nitrogen and oxygen atoms in total. The predicted molar refractivity (Wildman–Crippen MR) is 146 cm³/mol. The Hall–Kier alpha value is -3.66. The van der Waals surface area contributed by atoms with Crippen LogP contribution >= 0.6 is 0 Å². The van der Waals surface area contributed by atoms with E-state index in [-0.39, 0.29) is 23.6 Å². The largest absolute Gasteiger partial charge is 0.465 e. The number of amides is 2. The van der Waals surface area contributed by atoms with E-state index in [1.165, 1.54) is 4.90 Å². The molecule has 2 aliphatic heterocycles. The number of hydrogen-bond donors (Lipinski definition) is 2. The smallest absolute Gasteiger partial charge is 0.412 e. The molecule has 2 N–H and O–H groups in total. The summed E-state index contributed by atoms with van der Waals surface area (Å²) in [6, 6.07) is 7.23. The highest BCUT2D eigenvalue weighted by molar-refractivity contribution is 5.96. The summed E-state index contributed by atoms with van der Waals surface area (Å²) in [6.07, 6.45) is 3.89. The van der Waals surface area contributed by atoms with E-state index in [4.69, 9.17) is 4.98 Å². The Balaban J connectivity index is 1.50. The zero-order valence-corrected chi connectivity index (χ0v) is 22.3. The van der Waals surface area contributed by atoms with Crippen LogP contribution in [0.3, 0.4) is 0 Å². The maximum atomic E-state index is 12.3. The minimum Gasteiger partial charge on any atom is -0.465 e. The van der Waals surface area contributed by atoms with Crippen LogP contribution in [0.2, 0.25) is 0 Å². The molecule has 1 saturated heterocycles. The van der Waals surface area contributed by atoms with E-state index in [1.54, 1.807) is 29.8 Å². The summed E-state index contributed by atoms with van der Waals surface area (Å²) in [5, 5.41) is 13.0. The van der Waals surface area contributed by atoms with Crippen molar-refractivity contribution in [2.75, 3.05) is 24.5 Å². The molecule has 2 aliphatic rings. The van der Waals surface area contributed by atoms with Crippen LogP contribution in [0.4, 0.5) is 10.5 Å². The van der Waals surface area contributed by atoms with Gasteiger partial charge in [-0.15, -0.1) is 0 Å². The van der Waals surface area contributed by atoms with Gasteiger partial charge in [0.15, 0.2) is 0 Å². The third-order valence-corrected chi connectivity index (χ3v) is 7.88. The van der Waals surface area contributed by atoms with Gasteiger partial charge in [-0.3, -0.25) is 19.4 Å². The molecule has 0 aliphatic carbocycles. The van der Waals surface area contributed by atoms with Crippen molar-refractivity contribution in [3.8, 4) is 0 Å². The average molecular weight is 521 g/mol. The number of nitrogens with one attached hydrogen (secondary N) is 1. The lowest BCUT2D eigenvalue weighted by Gasteiger charge is -2.33. The molecule has 0 saturated carbocycles. The van der Waals surface area contributed by atoms with Crippen molar-refractivity contribution in [1.29, 1.82) is 0 Å². The van der Waals surface area contributed by atoms with Gasteiger partial charge in [0.1, 0.15) is 5.82 Å². The second-order valence-electron chi connectivity index (χ2n) is 10.6. The van der Waals surface area contributed by atoms with E-state index in [2.05, 4.69) is 14.8 Å². The molecular weight excluding hydrogens is 484 g/mol. The van der Waals surface area contributed by atoms with Crippen molar-refractivity contribution in [3.05, 3.63) is 57.8 Å². The number of rotatable bonds is 7. The Morgan fingerprint density at radius 3 is 2.74 bits per heavy atom. The molecule has 3 aromatic rings. The van der Waals surface area contributed by atoms with Crippen LogP contribution < -0.4 is 15.8 Å². The molecule has 2 aromatic heterocycles. The number of likely N-dealkylation sites (tertiary alicyclic amines) is 1. The van der Waals surface area contributed by atoms with Crippen LogP contribution in [0.5, 0.6) is 0 Å². The SMILES string of the molecule is CC(=O)NC1CCN(CCn2c(CCn3ccccc3=O)nc3c4c(cc(C)c32)N(C(=O)O)C(C)CC4)C1. The van der Waals surface area contributed by atoms with E-state index in [1.807, 2.05) is 26.0 Å². The summed E-state index contributed by atoms with van der Waals surface area (Å²) in [5.74, 6) is 0.895. The maximum absolute atomic E-state index is 12.3. The minimum atomic E-state index is -0.942. The number of carbonyl (C=O) groups excluding carboxylic acids is 1. The van der Waals surface area contributed by atoms with Gasteiger partial charge in [-0.25, -0.2) is 9.78 Å². The quantitative estimate of drug-likeness (QED) is 0.496. The summed E-state index contributed by atoms with van der Waals surface area (Å²) in [7, 11) is 0. The normalized spacial score (nSPS) is 19.6. The van der Waals surface area contributed by atoms with E-state index in [0.29, 0.717) is 13.0 Å². The number of aryl methyl sites for hydroxylation is 4. The zero-order valence-electron chi connectivity index (χ0n) is 22.3. The van der Waals surface area contributed by atoms with Crippen molar-refractivity contribution in [1.82, 2.24) is 24.3 Å². The Labute approximate surface area is 221 Å². The molecule has 38 heavy (non-hydrogen) atoms. The molecule has 0 radical (unpaired) electrons. The molecule has 10 heteroatoms. The summed E-state index contributed by atoms with van der Waals surface area (Å²) in [4.78, 5) is 44.9. The average Bonchev–Trinajstić information content (AvgIpc) is 3.46. The van der Waals surface area contributed by atoms with Crippen LogP contribution in [-0.2, 0) is 30.7 Å². The third-order valence-electron chi connectivity index (χ3n) is 7.88. The first-order valence-electron chi connectivity index (χ1n) is 13.4. The molecular formula is C28H36N6O4. The van der Waals surface area contributed by atoms with Gasteiger partial charge in [-0.1, -0.05) is 6.07 Å². The van der Waals surface area contributed by atoms with Crippen molar-refractivity contribution in [2.24, 2.45) is 0 Å². The fourth-order valence-electron chi connectivity index (χ4n) is 6.04. The van der Waals surface area contributed by atoms with Gasteiger partial charge in [0.2, 0.25) is 5.91 Å². The number of aromatic nitrogens is 3. The molecule has 2 unspecified atom stereocenters. The molecule has 1 aromatic carbocycles. The molecule has 0 bridgehead atoms. The van der Waals surface area contributed by atoms with E-state index < -0.39 is 6.09 Å². The fraction of sp³-hybridized carbons (Fsp3) is 0.500. The third kappa shape index (κ3) is 5.05. The van der Waals surface area contributed by atoms with E-state index in [0.717, 1.165) is 79.1 Å². The number of benzene rings is 1. The number of imidazole rings is 1. The summed E-state index contributed by atoms with van der Waals surface area (Å²) < 4.78 is 3.95. The van der Waals surface area contributed by atoms with Crippen molar-refractivity contribution >= 4 is 28.7 Å². The number of anilines is 1. The molecule has 4 heterocycles. The summed E-state index contributed by atoms with van der Waals surface area (Å²) in [5.41, 5.74) is 4.57. The molecule has 1 fully saturated rings. The molecule has 0 spiro atoms. The van der Waals surface area contributed by atoms with Gasteiger partial charge in [0, 0.05) is 76.0 Å². The van der Waals surface area contributed by atoms with E-state index >= 15 is 0 Å². The number of carbonyl (C=O) groups is 2. The van der Waals surface area contributed by atoms with Crippen LogP contribution in [-0.4, -0.2) is 67.8 Å². The Morgan fingerprint density at radius 2 is 2.00 bits per heavy atom. The van der Waals surface area contributed by atoms with Crippen molar-refractivity contribution in [2.45, 2.75) is 71.6 Å². The zero-order chi connectivity index (χ0) is 27.0. The first-order chi connectivity index (χ1) is 18.2. The van der Waals surface area contributed by atoms with Crippen LogP contribution in [0.1, 0.15) is 43.6 Å². The standard InChI is InChI=1S/C28H36N6O4/c1-18-16-23-22(8-7-19(2)34(23)28(37)38)26-27(18)33(15-14-31-12-9-21(17-31)29-20(3)35)24(30-26)10-13-32-11-5-4-6-25(32)36/h4-6,11,16,19,21H,7-10,12-15,17H2,1-3H3,(H,29,35)(H,37,38). The Morgan fingerprint density at radius 1 is 1.18 bits per heavy atom. The molecule has 2 atom stereocenters. The topological polar surface area (TPSA) is 113 Å². The molecule has 202 valence electrons. The first kappa shape index (κ1) is 26.0. The highest BCUT2D eigenvalue weighted by Gasteiger charge is 2.32. The second kappa shape index (κ2) is 10.6. The van der Waals surface area contributed by atoms with Gasteiger partial charge >= 0.3 is 6.09 Å². The maximum Gasteiger partial charge on any atom is 0.412 e. The van der Waals surface area contributed by atoms with Gasteiger partial charge in [-0.05, 0) is 50.8 Å². The van der Waals surface area contributed by atoms with Crippen LogP contribution in [0, 0.1) is 6.92 Å². The first-order valence-corrected chi connectivity index (χ1v) is 13.4. The highest BCUT2D eigenvalue weighted by Crippen LogP contribution is 2.38. The second-order valence-corrected chi connectivity index (χ2v) is 10.6. The fourth-order valence-corrected chi connectivity index (χ4v) is 6.04. The summed E-state index contributed by atoms with van der Waals surface area (Å²) >= 11 is 0. The number of pyridine rings is 1. The minimum absolute atomic E-state index is 0.000941. The predicted octanol–water partition coefficient (Wildman–Crippen LogP) is 2.78. The molecule has 5 rings (SSSR count).